The minimum Gasteiger partial charge on any atom is -0.340 e. The number of pyridine rings is 1. The van der Waals surface area contributed by atoms with Crippen molar-refractivity contribution >= 4 is 11.7 Å². The van der Waals surface area contributed by atoms with Crippen LogP contribution in [0.15, 0.2) is 18.5 Å². The molecule has 5 nitrogen and oxygen atoms in total. The van der Waals surface area contributed by atoms with Crippen molar-refractivity contribution in [3.8, 4) is 0 Å². The summed E-state index contributed by atoms with van der Waals surface area (Å²) < 4.78 is 0. The molecule has 0 radical (unpaired) electrons. The second kappa shape index (κ2) is 6.26. The fraction of sp³-hybridized carbons (Fsp3) is 0.462. The predicted molar refractivity (Wildman–Crippen MR) is 69.8 cm³/mol. The molecule has 1 amide bonds. The Morgan fingerprint density at radius 1 is 1.17 bits per heavy atom. The van der Waals surface area contributed by atoms with E-state index in [1.807, 2.05) is 19.0 Å². The van der Waals surface area contributed by atoms with Crippen molar-refractivity contribution in [2.75, 3.05) is 34.2 Å². The lowest BCUT2D eigenvalue weighted by Crippen LogP contribution is -2.34. The number of carbonyl (C=O) groups is 2. The minimum absolute atomic E-state index is 0.146. The topological polar surface area (TPSA) is 53.5 Å². The Balaban J connectivity index is 2.86. The van der Waals surface area contributed by atoms with Gasteiger partial charge in [0.25, 0.3) is 5.91 Å². The minimum atomic E-state index is -0.149. The van der Waals surface area contributed by atoms with Crippen LogP contribution >= 0.6 is 0 Å². The van der Waals surface area contributed by atoms with Gasteiger partial charge in [-0.1, -0.05) is 0 Å². The molecule has 18 heavy (non-hydrogen) atoms. The van der Waals surface area contributed by atoms with Crippen molar-refractivity contribution in [3.05, 3.63) is 29.6 Å². The molecule has 0 N–H and O–H groups in total. The highest BCUT2D eigenvalue weighted by molar-refractivity contribution is 6.06. The summed E-state index contributed by atoms with van der Waals surface area (Å²) in [7, 11) is 5.63. The molecule has 0 unspecified atom stereocenters. The molecule has 0 saturated heterocycles. The first-order valence-electron chi connectivity index (χ1n) is 5.78. The van der Waals surface area contributed by atoms with Crippen LogP contribution in [-0.2, 0) is 0 Å². The third-order valence-corrected chi connectivity index (χ3v) is 2.66. The monoisotopic (exact) mass is 249 g/mol. The Kier molecular flexibility index (Phi) is 4.97. The fourth-order valence-electron chi connectivity index (χ4n) is 1.52. The summed E-state index contributed by atoms with van der Waals surface area (Å²) in [6.07, 6.45) is 2.97. The van der Waals surface area contributed by atoms with E-state index in [1.54, 1.807) is 18.0 Å². The quantitative estimate of drug-likeness (QED) is 0.728. The molecular formula is C13H19N3O2. The van der Waals surface area contributed by atoms with E-state index in [0.29, 0.717) is 17.7 Å². The Labute approximate surface area is 107 Å². The molecule has 0 spiro atoms. The lowest BCUT2D eigenvalue weighted by atomic mass is 10.1. The zero-order chi connectivity index (χ0) is 13.7. The average molecular weight is 249 g/mol. The van der Waals surface area contributed by atoms with Crippen molar-refractivity contribution in [1.29, 1.82) is 0 Å². The zero-order valence-corrected chi connectivity index (χ0v) is 11.3. The van der Waals surface area contributed by atoms with Crippen LogP contribution in [0.5, 0.6) is 0 Å². The molecule has 1 heterocycles. The van der Waals surface area contributed by atoms with E-state index in [-0.39, 0.29) is 11.7 Å². The Bertz CT molecular complexity index is 444. The normalized spacial score (nSPS) is 10.5. The number of hydrogen-bond donors (Lipinski definition) is 0. The molecule has 0 bridgehead atoms. The highest BCUT2D eigenvalue weighted by Crippen LogP contribution is 2.10. The van der Waals surface area contributed by atoms with Gasteiger partial charge in [-0.05, 0) is 27.1 Å². The summed E-state index contributed by atoms with van der Waals surface area (Å²) in [4.78, 5) is 31.1. The number of Topliss-reactive ketones (excluding diaryl/α,β-unsaturated/α-hetero) is 1. The number of likely N-dealkylation sites (N-methyl/N-ethyl adjacent to an activating group) is 2. The van der Waals surface area contributed by atoms with Crippen LogP contribution in [0.2, 0.25) is 0 Å². The van der Waals surface area contributed by atoms with Crippen molar-refractivity contribution in [1.82, 2.24) is 14.8 Å². The number of rotatable bonds is 5. The van der Waals surface area contributed by atoms with E-state index in [2.05, 4.69) is 4.98 Å². The predicted octanol–water partition coefficient (Wildman–Crippen LogP) is 0.918. The lowest BCUT2D eigenvalue weighted by Gasteiger charge is -2.20. The van der Waals surface area contributed by atoms with Crippen LogP contribution < -0.4 is 0 Å². The fourth-order valence-corrected chi connectivity index (χ4v) is 1.52. The summed E-state index contributed by atoms with van der Waals surface area (Å²) in [5, 5.41) is 0. The highest BCUT2D eigenvalue weighted by Gasteiger charge is 2.17. The molecule has 0 fully saturated rings. The third kappa shape index (κ3) is 3.63. The second-order valence-electron chi connectivity index (χ2n) is 4.51. The Morgan fingerprint density at radius 3 is 2.39 bits per heavy atom. The van der Waals surface area contributed by atoms with E-state index in [1.165, 1.54) is 19.3 Å². The van der Waals surface area contributed by atoms with Crippen molar-refractivity contribution in [2.45, 2.75) is 6.92 Å². The van der Waals surface area contributed by atoms with Crippen LogP contribution in [0, 0.1) is 0 Å². The maximum absolute atomic E-state index is 12.2. The van der Waals surface area contributed by atoms with Crippen molar-refractivity contribution in [3.63, 3.8) is 0 Å². The molecule has 1 aromatic rings. The maximum Gasteiger partial charge on any atom is 0.254 e. The number of hydrogen-bond acceptors (Lipinski definition) is 4. The van der Waals surface area contributed by atoms with E-state index in [0.717, 1.165) is 6.54 Å². The molecule has 0 atom stereocenters. The Hall–Kier alpha value is -1.75. The molecule has 0 aliphatic carbocycles. The maximum atomic E-state index is 12.2. The van der Waals surface area contributed by atoms with Gasteiger partial charge in [-0.15, -0.1) is 0 Å². The van der Waals surface area contributed by atoms with Gasteiger partial charge >= 0.3 is 0 Å². The van der Waals surface area contributed by atoms with Gasteiger partial charge in [0.15, 0.2) is 5.78 Å². The summed E-state index contributed by atoms with van der Waals surface area (Å²) in [5.74, 6) is -0.295. The SMILES string of the molecule is CC(=O)c1cnccc1C(=O)N(C)CCN(C)C. The summed E-state index contributed by atoms with van der Waals surface area (Å²) in [6, 6.07) is 1.59. The molecule has 1 rings (SSSR count). The van der Waals surface area contributed by atoms with Crippen LogP contribution in [0.25, 0.3) is 0 Å². The van der Waals surface area contributed by atoms with Gasteiger partial charge in [0.05, 0.1) is 5.56 Å². The number of nitrogens with zero attached hydrogens (tertiary/aromatic N) is 3. The zero-order valence-electron chi connectivity index (χ0n) is 11.3. The average Bonchev–Trinajstić information content (AvgIpc) is 2.34. The second-order valence-corrected chi connectivity index (χ2v) is 4.51. The molecule has 0 aliphatic rings. The van der Waals surface area contributed by atoms with Gasteiger partial charge in [0.2, 0.25) is 0 Å². The van der Waals surface area contributed by atoms with Crippen molar-refractivity contribution < 1.29 is 9.59 Å². The largest absolute Gasteiger partial charge is 0.340 e. The lowest BCUT2D eigenvalue weighted by molar-refractivity contribution is 0.0781. The van der Waals surface area contributed by atoms with Gasteiger partial charge in [-0.3, -0.25) is 14.6 Å². The molecule has 1 aromatic heterocycles. The first-order valence-corrected chi connectivity index (χ1v) is 5.78. The van der Waals surface area contributed by atoms with Crippen LogP contribution in [0.3, 0.4) is 0 Å². The van der Waals surface area contributed by atoms with Gasteiger partial charge in [-0.2, -0.15) is 0 Å². The summed E-state index contributed by atoms with van der Waals surface area (Å²) in [6.45, 7) is 2.84. The molecule has 0 aliphatic heterocycles. The van der Waals surface area contributed by atoms with Crippen LogP contribution in [0.1, 0.15) is 27.6 Å². The standard InChI is InChI=1S/C13H19N3O2/c1-10(17)12-9-14-6-5-11(12)13(18)16(4)8-7-15(2)3/h5-6,9H,7-8H2,1-4H3. The van der Waals surface area contributed by atoms with Crippen molar-refractivity contribution in [2.24, 2.45) is 0 Å². The highest BCUT2D eigenvalue weighted by atomic mass is 16.2. The van der Waals surface area contributed by atoms with E-state index in [4.69, 9.17) is 0 Å². The van der Waals surface area contributed by atoms with Gasteiger partial charge in [-0.25, -0.2) is 0 Å². The number of aromatic nitrogens is 1. The van der Waals surface area contributed by atoms with Gasteiger partial charge in [0.1, 0.15) is 0 Å². The number of carbonyl (C=O) groups excluding carboxylic acids is 2. The molecule has 5 heteroatoms. The van der Waals surface area contributed by atoms with E-state index >= 15 is 0 Å². The molecule has 0 aromatic carbocycles. The van der Waals surface area contributed by atoms with Gasteiger partial charge < -0.3 is 9.80 Å². The summed E-state index contributed by atoms with van der Waals surface area (Å²) in [5.41, 5.74) is 0.790. The molecular weight excluding hydrogens is 230 g/mol. The van der Waals surface area contributed by atoms with E-state index in [9.17, 15) is 9.59 Å². The molecule has 0 saturated carbocycles. The first kappa shape index (κ1) is 14.3. The van der Waals surface area contributed by atoms with Crippen LogP contribution in [0.4, 0.5) is 0 Å². The van der Waals surface area contributed by atoms with Gasteiger partial charge in [0, 0.05) is 38.1 Å². The number of amides is 1. The smallest absolute Gasteiger partial charge is 0.254 e. The molecule has 98 valence electrons. The Morgan fingerprint density at radius 2 is 1.83 bits per heavy atom. The van der Waals surface area contributed by atoms with E-state index < -0.39 is 0 Å². The number of ketones is 1. The first-order chi connectivity index (χ1) is 8.43. The third-order valence-electron chi connectivity index (χ3n) is 2.66. The summed E-state index contributed by atoms with van der Waals surface area (Å²) >= 11 is 0. The van der Waals surface area contributed by atoms with Crippen LogP contribution in [-0.4, -0.2) is 60.7 Å².